The van der Waals surface area contributed by atoms with Gasteiger partial charge in [0.1, 0.15) is 0 Å². The lowest BCUT2D eigenvalue weighted by Crippen LogP contribution is -2.13. The molecule has 0 aliphatic heterocycles. The van der Waals surface area contributed by atoms with Gasteiger partial charge < -0.3 is 4.42 Å². The molecule has 2 rings (SSSR count). The summed E-state index contributed by atoms with van der Waals surface area (Å²) in [7, 11) is 0. The van der Waals surface area contributed by atoms with E-state index in [4.69, 9.17) is 11.0 Å². The smallest absolute Gasteiger partial charge is 0.251 e. The van der Waals surface area contributed by atoms with Gasteiger partial charge in [-0.15, -0.1) is 6.08 Å². The first-order valence-corrected chi connectivity index (χ1v) is 5.79. The van der Waals surface area contributed by atoms with Gasteiger partial charge in [0, 0.05) is 19.4 Å². The largest absolute Gasteiger partial charge is 0.311 e. The summed E-state index contributed by atoms with van der Waals surface area (Å²) in [5.74, 6) is 0.772. The SMILES string of the molecule is [CH-]=C1C=CC=C(c2ccccc2)C1=[O+]C(C)C. The first kappa shape index (κ1) is 11.6. The maximum absolute atomic E-state index is 5.98. The molecule has 17 heavy (non-hydrogen) atoms. The molecule has 1 nitrogen and oxygen atoms in total. The summed E-state index contributed by atoms with van der Waals surface area (Å²) in [5, 5.41) is 0. The third-order valence-electron chi connectivity index (χ3n) is 2.48. The van der Waals surface area contributed by atoms with E-state index in [0.717, 1.165) is 16.9 Å². The minimum Gasteiger partial charge on any atom is -0.311 e. The quantitative estimate of drug-likeness (QED) is 0.414. The third-order valence-corrected chi connectivity index (χ3v) is 2.48. The number of rotatable bonds is 2. The van der Waals surface area contributed by atoms with E-state index in [-0.39, 0.29) is 6.10 Å². The minimum atomic E-state index is 0.113. The summed E-state index contributed by atoms with van der Waals surface area (Å²) in [6.07, 6.45) is 5.96. The Labute approximate surface area is 102 Å². The Balaban J connectivity index is 2.47. The first-order valence-electron chi connectivity index (χ1n) is 5.79. The lowest BCUT2D eigenvalue weighted by Gasteiger charge is -2.14. The highest BCUT2D eigenvalue weighted by molar-refractivity contribution is 6.30. The van der Waals surface area contributed by atoms with Crippen molar-refractivity contribution in [3.05, 3.63) is 66.3 Å². The number of allylic oxidation sites excluding steroid dienone is 5. The van der Waals surface area contributed by atoms with Crippen LogP contribution in [0.1, 0.15) is 19.4 Å². The van der Waals surface area contributed by atoms with Gasteiger partial charge in [0.25, 0.3) is 6.10 Å². The maximum Gasteiger partial charge on any atom is 0.251 e. The van der Waals surface area contributed by atoms with Gasteiger partial charge in [-0.2, -0.15) is 6.08 Å². The Morgan fingerprint density at radius 1 is 1.12 bits per heavy atom. The van der Waals surface area contributed by atoms with Crippen LogP contribution in [0, 0.1) is 6.58 Å². The molecule has 0 spiro atoms. The van der Waals surface area contributed by atoms with E-state index < -0.39 is 0 Å². The number of hydrogen-bond donors (Lipinski definition) is 0. The van der Waals surface area contributed by atoms with E-state index in [1.807, 2.05) is 50.3 Å². The third kappa shape index (κ3) is 2.62. The fourth-order valence-electron chi connectivity index (χ4n) is 1.77. The molecule has 0 radical (unpaired) electrons. The minimum absolute atomic E-state index is 0.113. The molecular formula is C16H16O. The van der Waals surface area contributed by atoms with Crippen LogP contribution in [0.25, 0.3) is 5.57 Å². The summed E-state index contributed by atoms with van der Waals surface area (Å²) >= 11 is 0. The molecule has 0 saturated heterocycles. The van der Waals surface area contributed by atoms with Crippen LogP contribution >= 0.6 is 0 Å². The highest BCUT2D eigenvalue weighted by Crippen LogP contribution is 2.23. The Hall–Kier alpha value is -1.89. The van der Waals surface area contributed by atoms with Crippen LogP contribution in [0.15, 0.2) is 54.1 Å². The van der Waals surface area contributed by atoms with E-state index >= 15 is 0 Å². The molecule has 86 valence electrons. The van der Waals surface area contributed by atoms with Gasteiger partial charge in [0.2, 0.25) is 5.78 Å². The highest BCUT2D eigenvalue weighted by atomic mass is 16.4. The summed E-state index contributed by atoms with van der Waals surface area (Å²) in [4.78, 5) is 0. The second-order valence-electron chi connectivity index (χ2n) is 4.26. The lowest BCUT2D eigenvalue weighted by molar-refractivity contribution is -0.491. The van der Waals surface area contributed by atoms with Gasteiger partial charge in [-0.1, -0.05) is 42.0 Å². The number of benzene rings is 1. The van der Waals surface area contributed by atoms with Crippen molar-refractivity contribution in [2.75, 3.05) is 0 Å². The van der Waals surface area contributed by atoms with E-state index in [1.165, 1.54) is 0 Å². The molecule has 1 aromatic carbocycles. The molecule has 0 amide bonds. The van der Waals surface area contributed by atoms with E-state index in [2.05, 4.69) is 12.1 Å². The van der Waals surface area contributed by atoms with Crippen LogP contribution in [0.2, 0.25) is 0 Å². The topological polar surface area (TPSA) is 11.3 Å². The fraction of sp³-hybridized carbons (Fsp3) is 0.188. The average molecular weight is 224 g/mol. The van der Waals surface area contributed by atoms with Crippen molar-refractivity contribution in [3.8, 4) is 0 Å². The van der Waals surface area contributed by atoms with Crippen molar-refractivity contribution >= 4 is 11.4 Å². The van der Waals surface area contributed by atoms with Crippen molar-refractivity contribution < 1.29 is 4.42 Å². The van der Waals surface area contributed by atoms with Crippen molar-refractivity contribution in [2.24, 2.45) is 0 Å². The van der Waals surface area contributed by atoms with Crippen molar-refractivity contribution in [1.82, 2.24) is 0 Å². The molecule has 0 unspecified atom stereocenters. The van der Waals surface area contributed by atoms with E-state index in [9.17, 15) is 0 Å². The monoisotopic (exact) mass is 224 g/mol. The van der Waals surface area contributed by atoms with Crippen LogP contribution in [-0.4, -0.2) is 11.9 Å². The standard InChI is InChI=1S/C16H16O/c1-12(2)17-16-13(3)8-7-11-15(16)14-9-5-4-6-10-14/h3-12H,1-2H3. The molecule has 1 aliphatic carbocycles. The zero-order chi connectivity index (χ0) is 12.3. The Morgan fingerprint density at radius 2 is 1.82 bits per heavy atom. The maximum atomic E-state index is 5.98. The summed E-state index contributed by atoms with van der Waals surface area (Å²) in [5.41, 5.74) is 2.84. The summed E-state index contributed by atoms with van der Waals surface area (Å²) in [6, 6.07) is 10.1. The molecule has 0 saturated carbocycles. The van der Waals surface area contributed by atoms with Gasteiger partial charge in [-0.05, 0) is 5.56 Å². The van der Waals surface area contributed by atoms with Crippen LogP contribution in [0.5, 0.6) is 0 Å². The van der Waals surface area contributed by atoms with Gasteiger partial charge in [-0.25, -0.2) is 6.58 Å². The predicted octanol–water partition coefficient (Wildman–Crippen LogP) is 3.51. The van der Waals surface area contributed by atoms with Gasteiger partial charge in [-0.3, -0.25) is 0 Å². The van der Waals surface area contributed by atoms with Crippen LogP contribution in [0.4, 0.5) is 0 Å². The number of hydrogen-bond acceptors (Lipinski definition) is 0. The van der Waals surface area contributed by atoms with Gasteiger partial charge in [0.05, 0.1) is 0 Å². The second kappa shape index (κ2) is 4.96. The highest BCUT2D eigenvalue weighted by Gasteiger charge is 2.17. The van der Waals surface area contributed by atoms with Gasteiger partial charge in [0.15, 0.2) is 0 Å². The Kier molecular flexibility index (Phi) is 3.38. The van der Waals surface area contributed by atoms with Crippen LogP contribution < -0.4 is 0 Å². The first-order chi connectivity index (χ1) is 8.18. The predicted molar refractivity (Wildman–Crippen MR) is 71.5 cm³/mol. The molecule has 0 heterocycles. The van der Waals surface area contributed by atoms with Gasteiger partial charge >= 0.3 is 0 Å². The molecule has 0 fully saturated rings. The molecule has 1 heteroatoms. The average Bonchev–Trinajstić information content (AvgIpc) is 2.32. The van der Waals surface area contributed by atoms with Crippen molar-refractivity contribution in [3.63, 3.8) is 0 Å². The normalized spacial score (nSPS) is 17.7. The van der Waals surface area contributed by atoms with E-state index in [1.54, 1.807) is 0 Å². The van der Waals surface area contributed by atoms with Crippen LogP contribution in [0.3, 0.4) is 0 Å². The molecule has 1 aliphatic rings. The van der Waals surface area contributed by atoms with E-state index in [0.29, 0.717) is 5.57 Å². The van der Waals surface area contributed by atoms with Crippen molar-refractivity contribution in [1.29, 1.82) is 0 Å². The molecule has 1 aromatic rings. The molecule has 0 atom stereocenters. The number of carbonyl (C=O) groups excluding carboxylic acids is 1. The summed E-state index contributed by atoms with van der Waals surface area (Å²) < 4.78 is 5.81. The molecular weight excluding hydrogens is 208 g/mol. The second-order valence-corrected chi connectivity index (χ2v) is 4.26. The zero-order valence-electron chi connectivity index (χ0n) is 10.2. The lowest BCUT2D eigenvalue weighted by atomic mass is 9.93. The Morgan fingerprint density at radius 3 is 2.47 bits per heavy atom. The van der Waals surface area contributed by atoms with Crippen LogP contribution in [-0.2, 0) is 4.42 Å². The molecule has 0 N–H and O–H groups in total. The molecule has 0 bridgehead atoms. The zero-order valence-corrected chi connectivity index (χ0v) is 10.2. The molecule has 0 aromatic heterocycles. The summed E-state index contributed by atoms with van der Waals surface area (Å²) in [6.45, 7) is 9.98. The number of ketones is 1. The fourth-order valence-corrected chi connectivity index (χ4v) is 1.77. The van der Waals surface area contributed by atoms with Crippen molar-refractivity contribution in [2.45, 2.75) is 20.0 Å². The Bertz CT molecular complexity index is 502.